The zero-order chi connectivity index (χ0) is 9.92. The lowest BCUT2D eigenvalue weighted by molar-refractivity contribution is -0.968. The lowest BCUT2D eigenvalue weighted by atomic mass is 10.0. The van der Waals surface area contributed by atoms with Crippen LogP contribution in [0.1, 0.15) is 39.5 Å². The summed E-state index contributed by atoms with van der Waals surface area (Å²) in [6.07, 6.45) is 5.81. The molecule has 4 unspecified atom stereocenters. The molecule has 3 fully saturated rings. The highest BCUT2D eigenvalue weighted by Crippen LogP contribution is 2.45. The summed E-state index contributed by atoms with van der Waals surface area (Å²) in [6.45, 7) is 4.83. The summed E-state index contributed by atoms with van der Waals surface area (Å²) in [5.74, 6) is 0. The van der Waals surface area contributed by atoms with Gasteiger partial charge in [-0.1, -0.05) is 0 Å². The van der Waals surface area contributed by atoms with Crippen molar-refractivity contribution in [2.75, 3.05) is 7.05 Å². The van der Waals surface area contributed by atoms with Gasteiger partial charge in [-0.2, -0.15) is 0 Å². The molecule has 0 saturated carbocycles. The predicted molar refractivity (Wildman–Crippen MR) is 58.1 cm³/mol. The molecule has 0 amide bonds. The van der Waals surface area contributed by atoms with Gasteiger partial charge in [0.05, 0.1) is 25.2 Å². The fourth-order valence-corrected chi connectivity index (χ4v) is 4.50. The summed E-state index contributed by atoms with van der Waals surface area (Å²) in [4.78, 5) is 0. The molecular weight excluding hydrogens is 172 g/mol. The quantitative estimate of drug-likeness (QED) is 0.625. The van der Waals surface area contributed by atoms with Crippen molar-refractivity contribution in [1.82, 2.24) is 5.32 Å². The Morgan fingerprint density at radius 1 is 1.00 bits per heavy atom. The minimum Gasteiger partial charge on any atom is -0.317 e. The lowest BCUT2D eigenvalue weighted by Gasteiger charge is -2.51. The Labute approximate surface area is 87.3 Å². The number of piperazine rings is 1. The zero-order valence-corrected chi connectivity index (χ0v) is 9.66. The number of nitrogens with one attached hydrogen (secondary N) is 1. The maximum atomic E-state index is 3.85. The second-order valence-corrected chi connectivity index (χ2v) is 5.98. The van der Waals surface area contributed by atoms with Crippen LogP contribution in [0.4, 0.5) is 0 Å². The van der Waals surface area contributed by atoms with Gasteiger partial charge >= 0.3 is 0 Å². The van der Waals surface area contributed by atoms with Crippen LogP contribution in [-0.4, -0.2) is 41.7 Å². The molecule has 80 valence electrons. The third-order valence-corrected chi connectivity index (χ3v) is 5.45. The van der Waals surface area contributed by atoms with E-state index in [0.29, 0.717) is 0 Å². The summed E-state index contributed by atoms with van der Waals surface area (Å²) >= 11 is 0. The van der Waals surface area contributed by atoms with E-state index in [0.717, 1.165) is 30.2 Å². The van der Waals surface area contributed by atoms with Gasteiger partial charge in [0.1, 0.15) is 12.1 Å². The normalized spacial score (nSPS) is 55.7. The maximum absolute atomic E-state index is 3.85. The first-order chi connectivity index (χ1) is 6.64. The Morgan fingerprint density at radius 3 is 1.93 bits per heavy atom. The fourth-order valence-electron chi connectivity index (χ4n) is 4.50. The van der Waals surface area contributed by atoms with Gasteiger partial charge in [-0.05, 0) is 26.7 Å². The summed E-state index contributed by atoms with van der Waals surface area (Å²) < 4.78 is 1.36. The number of nitrogens with zero attached hydrogens (tertiary/aromatic N) is 1. The minimum atomic E-state index is 0.803. The van der Waals surface area contributed by atoms with Crippen molar-refractivity contribution in [2.45, 2.75) is 69.7 Å². The largest absolute Gasteiger partial charge is 0.317 e. The van der Waals surface area contributed by atoms with Crippen LogP contribution >= 0.6 is 0 Å². The molecule has 0 aromatic heterocycles. The molecular formula is C12H23N2+. The Morgan fingerprint density at radius 2 is 1.50 bits per heavy atom. The molecule has 3 aliphatic heterocycles. The topological polar surface area (TPSA) is 12.0 Å². The summed E-state index contributed by atoms with van der Waals surface area (Å²) in [5.41, 5.74) is 0. The number of likely N-dealkylation sites (N-methyl/N-ethyl adjacent to an activating group) is 1. The van der Waals surface area contributed by atoms with Crippen LogP contribution in [0.25, 0.3) is 0 Å². The number of rotatable bonds is 1. The second kappa shape index (κ2) is 2.73. The van der Waals surface area contributed by atoms with Gasteiger partial charge in [0.15, 0.2) is 0 Å². The van der Waals surface area contributed by atoms with Crippen LogP contribution in [0.2, 0.25) is 0 Å². The Hall–Kier alpha value is -0.0800. The highest BCUT2D eigenvalue weighted by Gasteiger charge is 2.60. The van der Waals surface area contributed by atoms with Crippen LogP contribution < -0.4 is 5.32 Å². The Kier molecular flexibility index (Phi) is 1.79. The first-order valence-electron chi connectivity index (χ1n) is 6.25. The number of fused-ring (bicyclic) bond motifs is 6. The highest BCUT2D eigenvalue weighted by atomic mass is 15.5. The Bertz CT molecular complexity index is 231. The molecule has 3 saturated heterocycles. The highest BCUT2D eigenvalue weighted by molar-refractivity contribution is 5.03. The van der Waals surface area contributed by atoms with E-state index < -0.39 is 0 Å². The van der Waals surface area contributed by atoms with Crippen molar-refractivity contribution < 1.29 is 4.48 Å². The van der Waals surface area contributed by atoms with E-state index in [1.54, 1.807) is 0 Å². The first kappa shape index (κ1) is 9.17. The van der Waals surface area contributed by atoms with Gasteiger partial charge in [0.25, 0.3) is 0 Å². The van der Waals surface area contributed by atoms with Gasteiger partial charge in [-0.3, -0.25) is 0 Å². The van der Waals surface area contributed by atoms with E-state index in [2.05, 4.69) is 26.2 Å². The predicted octanol–water partition coefficient (Wildman–Crippen LogP) is 1.51. The molecule has 0 aromatic rings. The molecule has 0 aliphatic carbocycles. The van der Waals surface area contributed by atoms with Crippen LogP contribution in [0, 0.1) is 0 Å². The van der Waals surface area contributed by atoms with E-state index in [1.807, 2.05) is 0 Å². The third kappa shape index (κ3) is 0.892. The third-order valence-electron chi connectivity index (χ3n) is 5.45. The van der Waals surface area contributed by atoms with Gasteiger partial charge < -0.3 is 9.80 Å². The number of hydrogen-bond acceptors (Lipinski definition) is 1. The van der Waals surface area contributed by atoms with Crippen LogP contribution in [-0.2, 0) is 0 Å². The monoisotopic (exact) mass is 195 g/mol. The van der Waals surface area contributed by atoms with E-state index in [1.165, 1.54) is 30.2 Å². The molecule has 14 heavy (non-hydrogen) atoms. The summed E-state index contributed by atoms with van der Waals surface area (Å²) in [6, 6.07) is 4.31. The minimum absolute atomic E-state index is 0.803. The molecule has 3 rings (SSSR count). The van der Waals surface area contributed by atoms with Gasteiger partial charge in [0, 0.05) is 12.8 Å². The standard InChI is InChI=1S/C12H23N2/c1-8(2)14(3)11-6-7-12(14)10-5-4-9(11)13-10/h8-13H,4-7H2,1-3H3/q+1. The fraction of sp³-hybridized carbons (Fsp3) is 1.00. The van der Waals surface area contributed by atoms with E-state index in [9.17, 15) is 0 Å². The van der Waals surface area contributed by atoms with E-state index in [-0.39, 0.29) is 0 Å². The average Bonchev–Trinajstić information content (AvgIpc) is 2.58. The molecule has 4 bridgehead atoms. The van der Waals surface area contributed by atoms with Crippen molar-refractivity contribution in [3.8, 4) is 0 Å². The lowest BCUT2D eigenvalue weighted by Crippen LogP contribution is -2.70. The summed E-state index contributed by atoms with van der Waals surface area (Å²) in [5, 5.41) is 3.85. The van der Waals surface area contributed by atoms with Crippen molar-refractivity contribution in [3.63, 3.8) is 0 Å². The first-order valence-corrected chi connectivity index (χ1v) is 6.25. The summed E-state index contributed by atoms with van der Waals surface area (Å²) in [7, 11) is 2.51. The van der Waals surface area contributed by atoms with Gasteiger partial charge in [-0.15, -0.1) is 0 Å². The average molecular weight is 195 g/mol. The molecule has 2 nitrogen and oxygen atoms in total. The molecule has 0 spiro atoms. The van der Waals surface area contributed by atoms with Gasteiger partial charge in [0.2, 0.25) is 0 Å². The zero-order valence-electron chi connectivity index (χ0n) is 9.66. The maximum Gasteiger partial charge on any atom is 0.105 e. The Balaban J connectivity index is 2.01. The molecule has 3 heterocycles. The van der Waals surface area contributed by atoms with E-state index in [4.69, 9.17) is 0 Å². The molecule has 0 radical (unpaired) electrons. The molecule has 0 aromatic carbocycles. The molecule has 4 atom stereocenters. The van der Waals surface area contributed by atoms with Crippen LogP contribution in [0.3, 0.4) is 0 Å². The van der Waals surface area contributed by atoms with Crippen molar-refractivity contribution in [1.29, 1.82) is 0 Å². The van der Waals surface area contributed by atoms with Crippen molar-refractivity contribution >= 4 is 0 Å². The molecule has 1 N–H and O–H groups in total. The van der Waals surface area contributed by atoms with Crippen molar-refractivity contribution in [2.24, 2.45) is 0 Å². The second-order valence-electron chi connectivity index (χ2n) is 5.98. The number of quaternary nitrogens is 1. The van der Waals surface area contributed by atoms with Crippen molar-refractivity contribution in [3.05, 3.63) is 0 Å². The van der Waals surface area contributed by atoms with E-state index >= 15 is 0 Å². The van der Waals surface area contributed by atoms with Gasteiger partial charge in [-0.25, -0.2) is 0 Å². The SMILES string of the molecule is CC(C)[N+]1(C)C2CCC1C1CCC2N1. The smallest absolute Gasteiger partial charge is 0.105 e. The van der Waals surface area contributed by atoms with Crippen LogP contribution in [0.5, 0.6) is 0 Å². The van der Waals surface area contributed by atoms with Crippen LogP contribution in [0.15, 0.2) is 0 Å². The molecule has 2 heteroatoms. The molecule has 3 aliphatic rings. The number of hydrogen-bond donors (Lipinski definition) is 1.